The average molecular weight is 309 g/mol. The molecule has 0 aliphatic rings. The standard InChI is InChI=1S/C16H15N5O2/c22-8-12(14(23)11-4-2-1-3-5-11)6-7-17-15-13-16(19-9-18-13)21-10-20-15/h1-6,9-10,22H,7-8H2,(H2,17,18,19,20,21)/b12-6-. The van der Waals surface area contributed by atoms with Gasteiger partial charge in [-0.1, -0.05) is 36.4 Å². The van der Waals surface area contributed by atoms with Crippen LogP contribution in [0.2, 0.25) is 0 Å². The third-order valence-corrected chi connectivity index (χ3v) is 3.34. The number of hydrogen-bond donors (Lipinski definition) is 3. The number of Topliss-reactive ketones (excluding diaryl/α,β-unsaturated/α-hetero) is 1. The molecule has 3 rings (SSSR count). The first-order chi connectivity index (χ1) is 11.3. The fourth-order valence-electron chi connectivity index (χ4n) is 2.17. The number of carbonyl (C=O) groups is 1. The van der Waals surface area contributed by atoms with Crippen LogP contribution in [0.15, 0.2) is 54.6 Å². The average Bonchev–Trinajstić information content (AvgIpc) is 3.08. The third-order valence-electron chi connectivity index (χ3n) is 3.34. The fourth-order valence-corrected chi connectivity index (χ4v) is 2.17. The Morgan fingerprint density at radius 3 is 2.83 bits per heavy atom. The van der Waals surface area contributed by atoms with Gasteiger partial charge >= 0.3 is 0 Å². The number of carbonyl (C=O) groups excluding carboxylic acids is 1. The van der Waals surface area contributed by atoms with Gasteiger partial charge in [0.2, 0.25) is 0 Å². The molecule has 2 aromatic heterocycles. The van der Waals surface area contributed by atoms with Crippen molar-refractivity contribution in [3.8, 4) is 0 Å². The molecule has 23 heavy (non-hydrogen) atoms. The van der Waals surface area contributed by atoms with Crippen molar-refractivity contribution < 1.29 is 9.90 Å². The molecule has 3 aromatic rings. The van der Waals surface area contributed by atoms with Crippen molar-refractivity contribution in [3.05, 3.63) is 60.2 Å². The van der Waals surface area contributed by atoms with E-state index in [0.29, 0.717) is 34.7 Å². The third kappa shape index (κ3) is 3.24. The summed E-state index contributed by atoms with van der Waals surface area (Å²) in [6, 6.07) is 8.85. The van der Waals surface area contributed by atoms with E-state index in [-0.39, 0.29) is 12.4 Å². The van der Waals surface area contributed by atoms with E-state index in [0.717, 1.165) is 0 Å². The normalized spacial score (nSPS) is 11.6. The maximum atomic E-state index is 12.3. The van der Waals surface area contributed by atoms with Gasteiger partial charge in [0, 0.05) is 17.7 Å². The highest BCUT2D eigenvalue weighted by Crippen LogP contribution is 2.14. The molecule has 7 heteroatoms. The maximum Gasteiger partial charge on any atom is 0.191 e. The summed E-state index contributed by atoms with van der Waals surface area (Å²) in [4.78, 5) is 27.5. The molecule has 0 bridgehead atoms. The second kappa shape index (κ2) is 6.80. The molecule has 7 nitrogen and oxygen atoms in total. The zero-order valence-electron chi connectivity index (χ0n) is 12.2. The summed E-state index contributed by atoms with van der Waals surface area (Å²) >= 11 is 0. The van der Waals surface area contributed by atoms with Gasteiger partial charge in [-0.25, -0.2) is 15.0 Å². The second-order valence-electron chi connectivity index (χ2n) is 4.79. The Morgan fingerprint density at radius 2 is 2.04 bits per heavy atom. The number of ketones is 1. The summed E-state index contributed by atoms with van der Waals surface area (Å²) in [5.41, 5.74) is 2.14. The molecule has 0 unspecified atom stereocenters. The zero-order valence-corrected chi connectivity index (χ0v) is 12.2. The minimum absolute atomic E-state index is 0.190. The Kier molecular flexibility index (Phi) is 4.39. The molecule has 0 atom stereocenters. The summed E-state index contributed by atoms with van der Waals surface area (Å²) in [7, 11) is 0. The minimum atomic E-state index is -0.321. The summed E-state index contributed by atoms with van der Waals surface area (Å²) in [6.45, 7) is 0.0260. The monoisotopic (exact) mass is 309 g/mol. The van der Waals surface area contributed by atoms with Gasteiger partial charge in [0.15, 0.2) is 17.2 Å². The largest absolute Gasteiger partial charge is 0.392 e. The van der Waals surface area contributed by atoms with Crippen LogP contribution >= 0.6 is 0 Å². The van der Waals surface area contributed by atoms with Crippen LogP contribution in [0, 0.1) is 0 Å². The summed E-state index contributed by atoms with van der Waals surface area (Å²) in [6.07, 6.45) is 4.61. The first-order valence-corrected chi connectivity index (χ1v) is 7.07. The number of aliphatic hydroxyl groups is 1. The Bertz CT molecular complexity index is 842. The molecule has 0 aliphatic carbocycles. The van der Waals surface area contributed by atoms with E-state index in [2.05, 4.69) is 25.3 Å². The van der Waals surface area contributed by atoms with Gasteiger partial charge < -0.3 is 15.4 Å². The number of fused-ring (bicyclic) bond motifs is 1. The first-order valence-electron chi connectivity index (χ1n) is 7.07. The SMILES string of the molecule is O=C(/C(=C\CNc1ncnc2nc[nH]c12)CO)c1ccccc1. The Morgan fingerprint density at radius 1 is 1.22 bits per heavy atom. The molecule has 0 saturated carbocycles. The van der Waals surface area contributed by atoms with Crippen molar-refractivity contribution in [1.82, 2.24) is 19.9 Å². The zero-order chi connectivity index (χ0) is 16.1. The highest BCUT2D eigenvalue weighted by atomic mass is 16.3. The quantitative estimate of drug-likeness (QED) is 0.471. The van der Waals surface area contributed by atoms with Crippen molar-refractivity contribution >= 4 is 22.8 Å². The summed E-state index contributed by atoms with van der Waals surface area (Å²) < 4.78 is 0. The van der Waals surface area contributed by atoms with E-state index in [1.807, 2.05) is 6.07 Å². The van der Waals surface area contributed by atoms with Crippen LogP contribution < -0.4 is 5.32 Å². The number of aromatic nitrogens is 4. The number of nitrogens with one attached hydrogen (secondary N) is 2. The Hall–Kier alpha value is -3.06. The number of imidazole rings is 1. The molecule has 0 amide bonds. The van der Waals surface area contributed by atoms with Crippen LogP contribution in [0.5, 0.6) is 0 Å². The Labute approximate surface area is 132 Å². The maximum absolute atomic E-state index is 12.3. The van der Waals surface area contributed by atoms with Gasteiger partial charge in [-0.3, -0.25) is 4.79 Å². The summed E-state index contributed by atoms with van der Waals surface area (Å²) in [5, 5.41) is 12.5. The molecule has 0 fully saturated rings. The molecule has 3 N–H and O–H groups in total. The van der Waals surface area contributed by atoms with Gasteiger partial charge in [-0.05, 0) is 0 Å². The predicted molar refractivity (Wildman–Crippen MR) is 86.1 cm³/mol. The molecule has 0 radical (unpaired) electrons. The van der Waals surface area contributed by atoms with Crippen molar-refractivity contribution in [2.24, 2.45) is 0 Å². The highest BCUT2D eigenvalue weighted by molar-refractivity contribution is 6.08. The van der Waals surface area contributed by atoms with Crippen molar-refractivity contribution in [2.45, 2.75) is 0 Å². The lowest BCUT2D eigenvalue weighted by Crippen LogP contribution is -2.10. The topological polar surface area (TPSA) is 104 Å². The lowest BCUT2D eigenvalue weighted by atomic mass is 10.0. The van der Waals surface area contributed by atoms with Crippen molar-refractivity contribution in [2.75, 3.05) is 18.5 Å². The van der Waals surface area contributed by atoms with Crippen molar-refractivity contribution in [1.29, 1.82) is 0 Å². The predicted octanol–water partition coefficient (Wildman–Crippen LogP) is 1.57. The fraction of sp³-hybridized carbons (Fsp3) is 0.125. The number of benzene rings is 1. The van der Waals surface area contributed by atoms with Crippen LogP contribution in [0.25, 0.3) is 11.2 Å². The van der Waals surface area contributed by atoms with Gasteiger partial charge in [0.1, 0.15) is 11.8 Å². The summed E-state index contributed by atoms with van der Waals surface area (Å²) in [5.74, 6) is 0.400. The number of aliphatic hydroxyl groups excluding tert-OH is 1. The van der Waals surface area contributed by atoms with Gasteiger partial charge in [0.25, 0.3) is 0 Å². The molecule has 116 valence electrons. The van der Waals surface area contributed by atoms with Gasteiger partial charge in [0.05, 0.1) is 12.9 Å². The van der Waals surface area contributed by atoms with Crippen LogP contribution in [0.3, 0.4) is 0 Å². The van der Waals surface area contributed by atoms with E-state index in [1.165, 1.54) is 6.33 Å². The minimum Gasteiger partial charge on any atom is -0.392 e. The van der Waals surface area contributed by atoms with Crippen LogP contribution in [-0.2, 0) is 0 Å². The van der Waals surface area contributed by atoms with Gasteiger partial charge in [-0.15, -0.1) is 0 Å². The van der Waals surface area contributed by atoms with E-state index in [9.17, 15) is 9.90 Å². The highest BCUT2D eigenvalue weighted by Gasteiger charge is 2.11. The molecule has 2 heterocycles. The first kappa shape index (κ1) is 14.9. The number of rotatable bonds is 6. The lowest BCUT2D eigenvalue weighted by molar-refractivity contribution is 0.102. The number of aromatic amines is 1. The molecule has 0 spiro atoms. The number of anilines is 1. The van der Waals surface area contributed by atoms with Crippen LogP contribution in [0.1, 0.15) is 10.4 Å². The number of nitrogens with zero attached hydrogens (tertiary/aromatic N) is 3. The lowest BCUT2D eigenvalue weighted by Gasteiger charge is -2.06. The van der Waals surface area contributed by atoms with E-state index >= 15 is 0 Å². The van der Waals surface area contributed by atoms with E-state index in [1.54, 1.807) is 36.7 Å². The van der Waals surface area contributed by atoms with E-state index < -0.39 is 0 Å². The smallest absolute Gasteiger partial charge is 0.191 e. The molecule has 0 aliphatic heterocycles. The Balaban J connectivity index is 1.73. The van der Waals surface area contributed by atoms with Crippen LogP contribution in [-0.4, -0.2) is 44.0 Å². The molecular formula is C16H15N5O2. The van der Waals surface area contributed by atoms with E-state index in [4.69, 9.17) is 0 Å². The van der Waals surface area contributed by atoms with Crippen LogP contribution in [0.4, 0.5) is 5.82 Å². The molecular weight excluding hydrogens is 294 g/mol. The van der Waals surface area contributed by atoms with Gasteiger partial charge in [-0.2, -0.15) is 0 Å². The second-order valence-corrected chi connectivity index (χ2v) is 4.79. The molecule has 0 saturated heterocycles. The molecule has 1 aromatic carbocycles. The number of H-pyrrole nitrogens is 1. The van der Waals surface area contributed by atoms with Crippen molar-refractivity contribution in [3.63, 3.8) is 0 Å². The number of hydrogen-bond acceptors (Lipinski definition) is 6.